The van der Waals surface area contributed by atoms with Crippen LogP contribution in [0.15, 0.2) is 33.8 Å². The van der Waals surface area contributed by atoms with Crippen molar-refractivity contribution in [2.24, 2.45) is 0 Å². The van der Waals surface area contributed by atoms with Crippen LogP contribution in [0.3, 0.4) is 0 Å². The van der Waals surface area contributed by atoms with Crippen LogP contribution in [0.5, 0.6) is 0 Å². The van der Waals surface area contributed by atoms with Crippen molar-refractivity contribution in [3.8, 4) is 0 Å². The molecule has 0 amide bonds. The number of aromatic nitrogens is 2. The summed E-state index contributed by atoms with van der Waals surface area (Å²) in [6.45, 7) is 0. The van der Waals surface area contributed by atoms with Gasteiger partial charge in [0.1, 0.15) is 24.1 Å². The maximum atomic E-state index is 11.6. The Labute approximate surface area is 112 Å². The number of H-pyrrole nitrogens is 1. The van der Waals surface area contributed by atoms with Crippen molar-refractivity contribution in [3.63, 3.8) is 0 Å². The minimum Gasteiger partial charge on any atom is -0.508 e. The van der Waals surface area contributed by atoms with E-state index in [2.05, 4.69) is 5.32 Å². The third-order valence-electron chi connectivity index (χ3n) is 2.95. The average molecular weight is 285 g/mol. The molecule has 1 fully saturated rings. The van der Waals surface area contributed by atoms with Crippen LogP contribution in [0.2, 0.25) is 0 Å². The highest BCUT2D eigenvalue weighted by Crippen LogP contribution is 2.30. The van der Waals surface area contributed by atoms with E-state index in [9.17, 15) is 24.9 Å². The summed E-state index contributed by atoms with van der Waals surface area (Å²) in [5.74, 6) is -0.320. The molecule has 1 aromatic heterocycles. The molecule has 0 saturated carbocycles. The van der Waals surface area contributed by atoms with Gasteiger partial charge in [0.15, 0.2) is 6.23 Å². The largest absolute Gasteiger partial charge is 0.508 e. The Kier molecular flexibility index (Phi) is 3.93. The van der Waals surface area contributed by atoms with Gasteiger partial charge in [0.05, 0.1) is 0 Å². The minimum absolute atomic E-state index is 0.320. The van der Waals surface area contributed by atoms with Gasteiger partial charge in [0.2, 0.25) is 0 Å². The molecule has 1 saturated heterocycles. The summed E-state index contributed by atoms with van der Waals surface area (Å²) in [4.78, 5) is 24.6. The van der Waals surface area contributed by atoms with Gasteiger partial charge in [-0.3, -0.25) is 14.3 Å². The van der Waals surface area contributed by atoms with Crippen LogP contribution in [0.25, 0.3) is 0 Å². The van der Waals surface area contributed by atoms with Crippen molar-refractivity contribution in [3.05, 3.63) is 45.1 Å². The lowest BCUT2D eigenvalue weighted by atomic mass is 10.1. The van der Waals surface area contributed by atoms with E-state index in [0.29, 0.717) is 0 Å². The standard InChI is InChI=1S/C11H15N3O6/c1-12-4-5(15)9-7(17)8(18)10(20-9)14-3-2-6(16)13-11(14)19/h2-4,7-10,12,15,17-18H,1H3,(H,13,16,19)/t7-,8+,9+,10+/m0/s1. The Hall–Kier alpha value is -2.10. The molecule has 0 unspecified atom stereocenters. The van der Waals surface area contributed by atoms with Crippen LogP contribution in [-0.2, 0) is 4.74 Å². The molecular formula is C11H15N3O6. The summed E-state index contributed by atoms with van der Waals surface area (Å²) >= 11 is 0. The van der Waals surface area contributed by atoms with Crippen molar-refractivity contribution in [1.29, 1.82) is 0 Å². The van der Waals surface area contributed by atoms with Gasteiger partial charge in [-0.25, -0.2) is 4.79 Å². The lowest BCUT2D eigenvalue weighted by molar-refractivity contribution is -0.0391. The molecule has 2 rings (SSSR count). The van der Waals surface area contributed by atoms with Crippen LogP contribution >= 0.6 is 0 Å². The topological polar surface area (TPSA) is 137 Å². The average Bonchev–Trinajstić information content (AvgIpc) is 2.67. The van der Waals surface area contributed by atoms with E-state index in [4.69, 9.17) is 4.74 Å². The first-order chi connectivity index (χ1) is 9.45. The van der Waals surface area contributed by atoms with Crippen molar-refractivity contribution in [2.45, 2.75) is 24.5 Å². The van der Waals surface area contributed by atoms with Crippen LogP contribution in [0.4, 0.5) is 0 Å². The predicted molar refractivity (Wildman–Crippen MR) is 67.0 cm³/mol. The second-order valence-electron chi connectivity index (χ2n) is 4.30. The Morgan fingerprint density at radius 3 is 2.75 bits per heavy atom. The molecule has 5 N–H and O–H groups in total. The van der Waals surface area contributed by atoms with E-state index in [0.717, 1.165) is 16.8 Å². The highest BCUT2D eigenvalue weighted by Gasteiger charge is 2.46. The van der Waals surface area contributed by atoms with Gasteiger partial charge in [-0.05, 0) is 0 Å². The Morgan fingerprint density at radius 1 is 1.45 bits per heavy atom. The number of nitrogens with one attached hydrogen (secondary N) is 2. The number of ether oxygens (including phenoxy) is 1. The first kappa shape index (κ1) is 14.3. The zero-order chi connectivity index (χ0) is 14.9. The van der Waals surface area contributed by atoms with Gasteiger partial charge in [0.25, 0.3) is 5.56 Å². The summed E-state index contributed by atoms with van der Waals surface area (Å²) in [6.07, 6.45) is -2.91. The fourth-order valence-corrected chi connectivity index (χ4v) is 1.99. The molecule has 0 aromatic carbocycles. The van der Waals surface area contributed by atoms with Crippen LogP contribution in [0.1, 0.15) is 6.23 Å². The van der Waals surface area contributed by atoms with Gasteiger partial charge >= 0.3 is 5.69 Å². The SMILES string of the molecule is CNC=C(O)[C@H]1O[C@@H](n2ccc(=O)[nH]c2=O)[C@H](O)[C@@H]1O. The van der Waals surface area contributed by atoms with Crippen LogP contribution in [-0.4, -0.2) is 50.2 Å². The number of hydrogen-bond donors (Lipinski definition) is 5. The molecule has 110 valence electrons. The van der Waals surface area contributed by atoms with Gasteiger partial charge in [-0.1, -0.05) is 0 Å². The second-order valence-corrected chi connectivity index (χ2v) is 4.30. The van der Waals surface area contributed by atoms with Crippen LogP contribution < -0.4 is 16.6 Å². The molecule has 0 aliphatic carbocycles. The number of nitrogens with zero attached hydrogens (tertiary/aromatic N) is 1. The van der Waals surface area contributed by atoms with Gasteiger partial charge < -0.3 is 25.4 Å². The Balaban J connectivity index is 2.33. The van der Waals surface area contributed by atoms with Crippen molar-refractivity contribution in [1.82, 2.24) is 14.9 Å². The molecule has 4 atom stereocenters. The fraction of sp³-hybridized carbons (Fsp3) is 0.455. The first-order valence-electron chi connectivity index (χ1n) is 5.85. The molecule has 0 bridgehead atoms. The maximum Gasteiger partial charge on any atom is 0.330 e. The maximum absolute atomic E-state index is 11.6. The molecule has 0 spiro atoms. The van der Waals surface area contributed by atoms with E-state index >= 15 is 0 Å². The van der Waals surface area contributed by atoms with E-state index in [1.165, 1.54) is 13.2 Å². The molecule has 9 nitrogen and oxygen atoms in total. The predicted octanol–water partition coefficient (Wildman–Crippen LogP) is -2.23. The van der Waals surface area contributed by atoms with Gasteiger partial charge in [-0.2, -0.15) is 0 Å². The first-order valence-corrected chi connectivity index (χ1v) is 5.85. The van der Waals surface area contributed by atoms with Gasteiger partial charge in [-0.15, -0.1) is 0 Å². The molecule has 0 radical (unpaired) electrons. The van der Waals surface area contributed by atoms with E-state index in [1.807, 2.05) is 4.98 Å². The summed E-state index contributed by atoms with van der Waals surface area (Å²) in [7, 11) is 1.54. The number of aromatic amines is 1. The number of aliphatic hydroxyl groups excluding tert-OH is 3. The monoisotopic (exact) mass is 285 g/mol. The molecule has 1 aliphatic rings. The normalized spacial score (nSPS) is 30.4. The van der Waals surface area contributed by atoms with E-state index < -0.39 is 35.8 Å². The molecule has 1 aromatic rings. The lowest BCUT2D eigenvalue weighted by Crippen LogP contribution is -2.37. The Morgan fingerprint density at radius 2 is 2.15 bits per heavy atom. The minimum atomic E-state index is -1.43. The molecule has 2 heterocycles. The number of rotatable bonds is 3. The smallest absolute Gasteiger partial charge is 0.330 e. The third-order valence-corrected chi connectivity index (χ3v) is 2.95. The molecule has 1 aliphatic heterocycles. The number of hydrogen-bond acceptors (Lipinski definition) is 7. The van der Waals surface area contributed by atoms with Crippen molar-refractivity contribution < 1.29 is 20.1 Å². The highest BCUT2D eigenvalue weighted by atomic mass is 16.6. The number of aliphatic hydroxyl groups is 3. The molecule has 9 heteroatoms. The molecule has 20 heavy (non-hydrogen) atoms. The zero-order valence-corrected chi connectivity index (χ0v) is 10.6. The van der Waals surface area contributed by atoms with Crippen molar-refractivity contribution in [2.75, 3.05) is 7.05 Å². The zero-order valence-electron chi connectivity index (χ0n) is 10.6. The molecular weight excluding hydrogens is 270 g/mol. The van der Waals surface area contributed by atoms with Crippen molar-refractivity contribution >= 4 is 0 Å². The quantitative estimate of drug-likeness (QED) is 0.396. The Bertz CT molecular complexity index is 621. The van der Waals surface area contributed by atoms with Gasteiger partial charge in [0, 0.05) is 25.5 Å². The second kappa shape index (κ2) is 5.49. The van der Waals surface area contributed by atoms with E-state index in [1.54, 1.807) is 0 Å². The summed E-state index contributed by atoms with van der Waals surface area (Å²) in [5, 5.41) is 32.0. The van der Waals surface area contributed by atoms with Crippen LogP contribution in [0, 0.1) is 0 Å². The lowest BCUT2D eigenvalue weighted by Gasteiger charge is -2.16. The highest BCUT2D eigenvalue weighted by molar-refractivity contribution is 5.06. The fourth-order valence-electron chi connectivity index (χ4n) is 1.99. The summed E-state index contributed by atoms with van der Waals surface area (Å²) in [5.41, 5.74) is -1.37. The third kappa shape index (κ3) is 2.46. The van der Waals surface area contributed by atoms with E-state index in [-0.39, 0.29) is 5.76 Å². The summed E-state index contributed by atoms with van der Waals surface area (Å²) < 4.78 is 6.22. The summed E-state index contributed by atoms with van der Waals surface area (Å²) in [6, 6.07) is 1.08.